The van der Waals surface area contributed by atoms with Gasteiger partial charge in [0.15, 0.2) is 6.20 Å². The molecule has 5 heteroatoms. The van der Waals surface area contributed by atoms with Crippen molar-refractivity contribution in [2.45, 2.75) is 91.7 Å². The van der Waals surface area contributed by atoms with Crippen LogP contribution in [0.1, 0.15) is 90.9 Å². The molecule has 26 heavy (non-hydrogen) atoms. The van der Waals surface area contributed by atoms with E-state index in [9.17, 15) is 0 Å². The van der Waals surface area contributed by atoms with Crippen LogP contribution < -0.4 is 4.57 Å². The Morgan fingerprint density at radius 2 is 1.54 bits per heavy atom. The van der Waals surface area contributed by atoms with E-state index in [0.717, 1.165) is 45.1 Å². The predicted octanol–water partition coefficient (Wildman–Crippen LogP) is 5.25. The molecule has 1 rings (SSSR count). The first-order valence-electron chi connectivity index (χ1n) is 10.6. The lowest BCUT2D eigenvalue weighted by Gasteiger charge is -2.21. The van der Waals surface area contributed by atoms with Crippen molar-refractivity contribution in [3.05, 3.63) is 30.1 Å². The number of nitrogens with zero attached hydrogens (tertiary/aromatic N) is 1. The van der Waals surface area contributed by atoms with Crippen molar-refractivity contribution in [1.82, 2.24) is 0 Å². The van der Waals surface area contributed by atoms with Gasteiger partial charge in [0.1, 0.15) is 12.6 Å². The third kappa shape index (κ3) is 9.15. The molecule has 1 aromatic heterocycles. The number of hydrogen-bond donors (Lipinski definition) is 0. The summed E-state index contributed by atoms with van der Waals surface area (Å²) < 4.78 is 20.4. The van der Waals surface area contributed by atoms with E-state index in [2.05, 4.69) is 56.7 Å². The minimum absolute atomic E-state index is 0.00805. The highest BCUT2D eigenvalue weighted by Crippen LogP contribution is 2.22. The van der Waals surface area contributed by atoms with Crippen molar-refractivity contribution in [3.8, 4) is 0 Å². The van der Waals surface area contributed by atoms with Crippen molar-refractivity contribution in [2.75, 3.05) is 13.2 Å². The highest BCUT2D eigenvalue weighted by molar-refractivity contribution is 6.36. The largest absolute Gasteiger partial charge is 0.640 e. The Morgan fingerprint density at radius 3 is 2.12 bits per heavy atom. The maximum Gasteiger partial charge on any atom is 0.640 e. The molecule has 0 N–H and O–H groups in total. The summed E-state index contributed by atoms with van der Waals surface area (Å²) in [6.45, 7) is 11.1. The SMILES string of the molecule is CCCCOB(OCCCC)OC(CCC)c1cccc[n+]1CCCC. The zero-order chi connectivity index (χ0) is 19.0. The van der Waals surface area contributed by atoms with Gasteiger partial charge < -0.3 is 14.0 Å². The second-order valence-corrected chi connectivity index (χ2v) is 6.82. The number of hydrogen-bond acceptors (Lipinski definition) is 3. The molecule has 0 aliphatic heterocycles. The molecule has 0 saturated heterocycles. The van der Waals surface area contributed by atoms with E-state index in [4.69, 9.17) is 14.0 Å². The van der Waals surface area contributed by atoms with Crippen molar-refractivity contribution in [1.29, 1.82) is 0 Å². The number of pyridine rings is 1. The summed E-state index contributed by atoms with van der Waals surface area (Å²) in [4.78, 5) is 0. The molecule has 1 atom stereocenters. The lowest BCUT2D eigenvalue weighted by Crippen LogP contribution is -2.41. The van der Waals surface area contributed by atoms with Crippen LogP contribution in [-0.4, -0.2) is 20.5 Å². The lowest BCUT2D eigenvalue weighted by molar-refractivity contribution is -0.707. The fourth-order valence-electron chi connectivity index (χ4n) is 2.77. The summed E-state index contributed by atoms with van der Waals surface area (Å²) in [5, 5.41) is 0. The summed E-state index contributed by atoms with van der Waals surface area (Å²) in [7, 11) is -0.579. The van der Waals surface area contributed by atoms with E-state index < -0.39 is 7.32 Å². The molecular weight excluding hydrogens is 325 g/mol. The molecule has 1 unspecified atom stereocenters. The van der Waals surface area contributed by atoms with Gasteiger partial charge in [0, 0.05) is 31.8 Å². The van der Waals surface area contributed by atoms with Crippen LogP contribution in [0.4, 0.5) is 0 Å². The van der Waals surface area contributed by atoms with Crippen molar-refractivity contribution in [2.24, 2.45) is 0 Å². The monoisotopic (exact) mass is 364 g/mol. The molecule has 4 nitrogen and oxygen atoms in total. The molecule has 0 amide bonds. The average Bonchev–Trinajstić information content (AvgIpc) is 2.66. The molecule has 1 aromatic rings. The van der Waals surface area contributed by atoms with Crippen LogP contribution in [0.2, 0.25) is 0 Å². The van der Waals surface area contributed by atoms with E-state index >= 15 is 0 Å². The number of aromatic nitrogens is 1. The first-order chi connectivity index (χ1) is 12.8. The van der Waals surface area contributed by atoms with Gasteiger partial charge in [-0.25, -0.2) is 4.57 Å². The van der Waals surface area contributed by atoms with Gasteiger partial charge in [-0.3, -0.25) is 0 Å². The van der Waals surface area contributed by atoms with E-state index in [1.54, 1.807) is 0 Å². The normalized spacial score (nSPS) is 12.3. The van der Waals surface area contributed by atoms with Gasteiger partial charge in [-0.05, 0) is 19.3 Å². The summed E-state index contributed by atoms with van der Waals surface area (Å²) in [6.07, 6.45) is 10.8. The molecule has 0 saturated carbocycles. The number of aryl methyl sites for hydroxylation is 1. The Morgan fingerprint density at radius 1 is 0.885 bits per heavy atom. The molecular formula is C21H39BNO3+. The maximum absolute atomic E-state index is 6.33. The minimum atomic E-state index is -0.579. The zero-order valence-corrected chi connectivity index (χ0v) is 17.4. The molecule has 0 aromatic carbocycles. The van der Waals surface area contributed by atoms with E-state index in [1.165, 1.54) is 18.5 Å². The van der Waals surface area contributed by atoms with Gasteiger partial charge in [0.25, 0.3) is 0 Å². The van der Waals surface area contributed by atoms with Gasteiger partial charge in [-0.15, -0.1) is 0 Å². The molecule has 0 aliphatic rings. The molecule has 1 heterocycles. The van der Waals surface area contributed by atoms with Crippen molar-refractivity contribution >= 4 is 7.32 Å². The Hall–Kier alpha value is -0.905. The number of unbranched alkanes of at least 4 members (excludes halogenated alkanes) is 3. The van der Waals surface area contributed by atoms with Gasteiger partial charge in [-0.2, -0.15) is 0 Å². The number of rotatable bonds is 16. The fraction of sp³-hybridized carbons (Fsp3) is 0.762. The van der Waals surface area contributed by atoms with Crippen LogP contribution in [-0.2, 0) is 20.5 Å². The molecule has 0 fully saturated rings. The Balaban J connectivity index is 2.83. The van der Waals surface area contributed by atoms with Crippen LogP contribution in [0.5, 0.6) is 0 Å². The van der Waals surface area contributed by atoms with Crippen LogP contribution in [0.25, 0.3) is 0 Å². The van der Waals surface area contributed by atoms with Crippen LogP contribution in [0.3, 0.4) is 0 Å². The topological polar surface area (TPSA) is 31.6 Å². The van der Waals surface area contributed by atoms with Crippen LogP contribution in [0.15, 0.2) is 24.4 Å². The first-order valence-corrected chi connectivity index (χ1v) is 10.6. The summed E-state index contributed by atoms with van der Waals surface area (Å²) in [5.74, 6) is 0. The minimum Gasteiger partial charge on any atom is -0.386 e. The fourth-order valence-corrected chi connectivity index (χ4v) is 2.77. The molecule has 148 valence electrons. The third-order valence-electron chi connectivity index (χ3n) is 4.39. The second-order valence-electron chi connectivity index (χ2n) is 6.82. The highest BCUT2D eigenvalue weighted by atomic mass is 16.7. The summed E-state index contributed by atoms with van der Waals surface area (Å²) in [6, 6.07) is 6.36. The van der Waals surface area contributed by atoms with Crippen molar-refractivity contribution in [3.63, 3.8) is 0 Å². The molecule has 0 bridgehead atoms. The Kier molecular flexibility index (Phi) is 13.5. The first kappa shape index (κ1) is 23.1. The molecule has 0 spiro atoms. The maximum atomic E-state index is 6.33. The molecule has 0 aliphatic carbocycles. The lowest BCUT2D eigenvalue weighted by atomic mass is 10.1. The van der Waals surface area contributed by atoms with Gasteiger partial charge >= 0.3 is 7.32 Å². The predicted molar refractivity (Wildman–Crippen MR) is 108 cm³/mol. The Bertz CT molecular complexity index is 449. The van der Waals surface area contributed by atoms with Crippen molar-refractivity contribution < 1.29 is 18.5 Å². The quantitative estimate of drug-likeness (QED) is 0.228. The molecule has 0 radical (unpaired) electrons. The summed E-state index contributed by atoms with van der Waals surface area (Å²) in [5.41, 5.74) is 1.21. The average molecular weight is 364 g/mol. The van der Waals surface area contributed by atoms with E-state index in [0.29, 0.717) is 13.2 Å². The van der Waals surface area contributed by atoms with Gasteiger partial charge in [0.2, 0.25) is 5.69 Å². The van der Waals surface area contributed by atoms with Gasteiger partial charge in [0.05, 0.1) is 0 Å². The Labute approximate surface area is 161 Å². The second kappa shape index (κ2) is 15.2. The van der Waals surface area contributed by atoms with Gasteiger partial charge in [-0.1, -0.05) is 59.4 Å². The van der Waals surface area contributed by atoms with Crippen LogP contribution >= 0.6 is 0 Å². The third-order valence-corrected chi connectivity index (χ3v) is 4.39. The summed E-state index contributed by atoms with van der Waals surface area (Å²) >= 11 is 0. The van der Waals surface area contributed by atoms with E-state index in [-0.39, 0.29) is 6.10 Å². The smallest absolute Gasteiger partial charge is 0.386 e. The zero-order valence-electron chi connectivity index (χ0n) is 17.4. The van der Waals surface area contributed by atoms with E-state index in [1.807, 2.05) is 0 Å². The van der Waals surface area contributed by atoms with Crippen LogP contribution in [0, 0.1) is 0 Å². The standard InChI is InChI=1S/C21H39BNO3/c1-5-9-16-23-17-13-12-15-20(23)21(14-8-4)26-22(24-18-10-6-2)25-19-11-7-3/h12-13,15,17,21H,5-11,14,16,18-19H2,1-4H3/q+1. The highest BCUT2D eigenvalue weighted by Gasteiger charge is 2.30.